The largest absolute Gasteiger partial charge is 0.264 e. The molecule has 0 bridgehead atoms. The first kappa shape index (κ1) is 10.4. The number of halogens is 3. The van der Waals surface area contributed by atoms with E-state index in [1.54, 1.807) is 6.07 Å². The first-order chi connectivity index (χ1) is 6.59. The first-order valence-corrected chi connectivity index (χ1v) is 5.84. The second-order valence-electron chi connectivity index (χ2n) is 2.77. The van der Waals surface area contributed by atoms with E-state index in [1.165, 1.54) is 17.4 Å². The predicted octanol–water partition coefficient (Wildman–Crippen LogP) is 4.89. The van der Waals surface area contributed by atoms with Crippen LogP contribution in [0.5, 0.6) is 0 Å². The summed E-state index contributed by atoms with van der Waals surface area (Å²) in [5.74, 6) is 0. The van der Waals surface area contributed by atoms with Gasteiger partial charge in [-0.15, -0.1) is 24.0 Å². The molecular weight excluding hydrogens is 290 g/mol. The zero-order chi connectivity index (χ0) is 10.3. The van der Waals surface area contributed by atoms with Gasteiger partial charge in [-0.05, 0) is 27.4 Å². The molecule has 0 saturated heterocycles. The van der Waals surface area contributed by atoms with E-state index in [-0.39, 0.29) is 5.56 Å². The molecular formula is C9H5BrF2S2. The summed E-state index contributed by atoms with van der Waals surface area (Å²) in [6.45, 7) is 0. The van der Waals surface area contributed by atoms with E-state index in [0.29, 0.717) is 4.90 Å². The number of hydrogen-bond acceptors (Lipinski definition) is 2. The molecule has 0 atom stereocenters. The van der Waals surface area contributed by atoms with Crippen molar-refractivity contribution in [1.82, 2.24) is 0 Å². The maximum atomic E-state index is 12.5. The molecule has 0 amide bonds. The van der Waals surface area contributed by atoms with Gasteiger partial charge in [0.1, 0.15) is 0 Å². The van der Waals surface area contributed by atoms with Crippen LogP contribution in [0.15, 0.2) is 26.9 Å². The van der Waals surface area contributed by atoms with Gasteiger partial charge in [0, 0.05) is 15.2 Å². The van der Waals surface area contributed by atoms with Crippen molar-refractivity contribution in [2.24, 2.45) is 0 Å². The van der Waals surface area contributed by atoms with E-state index < -0.39 is 6.43 Å². The van der Waals surface area contributed by atoms with Crippen molar-refractivity contribution in [3.8, 4) is 0 Å². The SMILES string of the molecule is FC(F)c1ccc2cc(Br)sc2c1S. The van der Waals surface area contributed by atoms with Crippen LogP contribution in [0.1, 0.15) is 12.0 Å². The Hall–Kier alpha value is -0.130. The molecule has 2 aromatic rings. The van der Waals surface area contributed by atoms with Crippen molar-refractivity contribution in [2.45, 2.75) is 11.3 Å². The fraction of sp³-hybridized carbons (Fsp3) is 0.111. The highest BCUT2D eigenvalue weighted by molar-refractivity contribution is 9.11. The lowest BCUT2D eigenvalue weighted by Gasteiger charge is -2.03. The molecule has 0 aliphatic heterocycles. The minimum atomic E-state index is -2.47. The van der Waals surface area contributed by atoms with Crippen LogP contribution < -0.4 is 0 Å². The highest BCUT2D eigenvalue weighted by Gasteiger charge is 2.14. The summed E-state index contributed by atoms with van der Waals surface area (Å²) in [6, 6.07) is 5.02. The topological polar surface area (TPSA) is 0 Å². The summed E-state index contributed by atoms with van der Waals surface area (Å²) in [6.07, 6.45) is -2.47. The molecule has 1 aromatic heterocycles. The third-order valence-corrected chi connectivity index (χ3v) is 4.20. The maximum absolute atomic E-state index is 12.5. The number of fused-ring (bicyclic) bond motifs is 1. The first-order valence-electron chi connectivity index (χ1n) is 3.78. The molecule has 5 heteroatoms. The van der Waals surface area contributed by atoms with Crippen molar-refractivity contribution < 1.29 is 8.78 Å². The van der Waals surface area contributed by atoms with Crippen LogP contribution in [-0.4, -0.2) is 0 Å². The Balaban J connectivity index is 2.74. The molecule has 1 heterocycles. The van der Waals surface area contributed by atoms with Gasteiger partial charge in [-0.25, -0.2) is 8.78 Å². The second kappa shape index (κ2) is 3.79. The minimum absolute atomic E-state index is 0.00446. The standard InChI is InChI=1S/C9H5BrF2S2/c10-6-3-4-1-2-5(9(11)12)7(13)8(4)14-6/h1-3,9,13H. The Kier molecular flexibility index (Phi) is 2.81. The van der Waals surface area contributed by atoms with E-state index in [2.05, 4.69) is 28.6 Å². The zero-order valence-corrected chi connectivity index (χ0v) is 10.1. The normalized spacial score (nSPS) is 11.5. The summed E-state index contributed by atoms with van der Waals surface area (Å²) in [7, 11) is 0. The van der Waals surface area contributed by atoms with E-state index in [9.17, 15) is 8.78 Å². The van der Waals surface area contributed by atoms with Gasteiger partial charge in [0.2, 0.25) is 0 Å². The predicted molar refractivity (Wildman–Crippen MR) is 61.7 cm³/mol. The van der Waals surface area contributed by atoms with Gasteiger partial charge >= 0.3 is 0 Å². The Morgan fingerprint density at radius 2 is 2.07 bits per heavy atom. The second-order valence-corrected chi connectivity index (χ2v) is 5.65. The van der Waals surface area contributed by atoms with Crippen molar-refractivity contribution >= 4 is 50.0 Å². The van der Waals surface area contributed by atoms with E-state index in [1.807, 2.05) is 6.07 Å². The van der Waals surface area contributed by atoms with E-state index in [4.69, 9.17) is 0 Å². The number of benzene rings is 1. The van der Waals surface area contributed by atoms with E-state index in [0.717, 1.165) is 13.9 Å². The fourth-order valence-electron chi connectivity index (χ4n) is 1.25. The van der Waals surface area contributed by atoms with Gasteiger partial charge in [-0.2, -0.15) is 0 Å². The molecule has 0 fully saturated rings. The van der Waals surface area contributed by atoms with Gasteiger partial charge in [-0.3, -0.25) is 0 Å². The molecule has 0 radical (unpaired) electrons. The summed E-state index contributed by atoms with van der Waals surface area (Å²) >= 11 is 8.86. The van der Waals surface area contributed by atoms with Crippen LogP contribution in [0.25, 0.3) is 10.1 Å². The lowest BCUT2D eigenvalue weighted by atomic mass is 10.2. The Bertz CT molecular complexity index is 479. The highest BCUT2D eigenvalue weighted by atomic mass is 79.9. The molecule has 0 spiro atoms. The molecule has 0 saturated carbocycles. The quantitative estimate of drug-likeness (QED) is 0.711. The Labute approximate surface area is 97.5 Å². The summed E-state index contributed by atoms with van der Waals surface area (Å²) in [5, 5.41) is 0.941. The Morgan fingerprint density at radius 1 is 1.36 bits per heavy atom. The van der Waals surface area contributed by atoms with Crippen molar-refractivity contribution in [1.29, 1.82) is 0 Å². The summed E-state index contributed by atoms with van der Waals surface area (Å²) < 4.78 is 26.7. The maximum Gasteiger partial charge on any atom is 0.264 e. The van der Waals surface area contributed by atoms with Gasteiger partial charge in [0.25, 0.3) is 6.43 Å². The molecule has 2 rings (SSSR count). The number of rotatable bonds is 1. The monoisotopic (exact) mass is 294 g/mol. The van der Waals surface area contributed by atoms with Gasteiger partial charge < -0.3 is 0 Å². The molecule has 0 aliphatic rings. The summed E-state index contributed by atoms with van der Waals surface area (Å²) in [4.78, 5) is 0.383. The van der Waals surface area contributed by atoms with Crippen LogP contribution >= 0.6 is 39.9 Å². The Morgan fingerprint density at radius 3 is 2.71 bits per heavy atom. The number of thiophene rings is 1. The van der Waals surface area contributed by atoms with Crippen molar-refractivity contribution in [2.75, 3.05) is 0 Å². The van der Waals surface area contributed by atoms with Crippen LogP contribution in [0, 0.1) is 0 Å². The number of thiol groups is 1. The third kappa shape index (κ3) is 1.68. The molecule has 1 aromatic carbocycles. The van der Waals surface area contributed by atoms with E-state index >= 15 is 0 Å². The molecule has 0 nitrogen and oxygen atoms in total. The lowest BCUT2D eigenvalue weighted by Crippen LogP contribution is -1.85. The highest BCUT2D eigenvalue weighted by Crippen LogP contribution is 2.38. The summed E-state index contributed by atoms with van der Waals surface area (Å²) in [5.41, 5.74) is -0.00446. The average molecular weight is 295 g/mol. The van der Waals surface area contributed by atoms with Crippen molar-refractivity contribution in [3.05, 3.63) is 27.5 Å². The molecule has 74 valence electrons. The average Bonchev–Trinajstić information content (AvgIpc) is 2.46. The fourth-order valence-corrected chi connectivity index (χ4v) is 3.26. The number of hydrogen-bond donors (Lipinski definition) is 1. The lowest BCUT2D eigenvalue weighted by molar-refractivity contribution is 0.148. The van der Waals surface area contributed by atoms with Crippen molar-refractivity contribution in [3.63, 3.8) is 0 Å². The van der Waals surface area contributed by atoms with Gasteiger partial charge in [0.15, 0.2) is 0 Å². The smallest absolute Gasteiger partial charge is 0.205 e. The molecule has 0 N–H and O–H groups in total. The van der Waals surface area contributed by atoms with Gasteiger partial charge in [0.05, 0.1) is 3.79 Å². The molecule has 0 aliphatic carbocycles. The van der Waals surface area contributed by atoms with Crippen LogP contribution in [-0.2, 0) is 0 Å². The zero-order valence-electron chi connectivity index (χ0n) is 6.80. The van der Waals surface area contributed by atoms with Crippen LogP contribution in [0.4, 0.5) is 8.78 Å². The van der Waals surface area contributed by atoms with Crippen LogP contribution in [0.2, 0.25) is 0 Å². The number of alkyl halides is 2. The molecule has 0 unspecified atom stereocenters. The minimum Gasteiger partial charge on any atom is -0.205 e. The van der Waals surface area contributed by atoms with Crippen LogP contribution in [0.3, 0.4) is 0 Å². The molecule has 14 heavy (non-hydrogen) atoms. The third-order valence-electron chi connectivity index (χ3n) is 1.90. The van der Waals surface area contributed by atoms with Gasteiger partial charge in [-0.1, -0.05) is 12.1 Å².